The Bertz CT molecular complexity index is 749. The molecule has 7 heteroatoms. The molecule has 3 aliphatic carbocycles. The molecular formula is C21H26N2O5. The number of amides is 2. The number of benzene rings is 1. The Morgan fingerprint density at radius 2 is 1.50 bits per heavy atom. The standard InChI is InChI=1S/C21H26N2O5/c24-19(17-13-1-3-14(4-2-13)18(17)21(26)27)22-16-7-5-15(6-8-16)20(25)23-9-11-28-12-10-23/h5-8,13-14,17-18H,1-4,9-12H2,(H,22,24)(H,26,27)/t13?,14?,17-,18-/m1/s1. The van der Waals surface area contributed by atoms with Gasteiger partial charge in [-0.15, -0.1) is 0 Å². The van der Waals surface area contributed by atoms with E-state index in [-0.39, 0.29) is 23.7 Å². The Kier molecular flexibility index (Phi) is 5.35. The molecule has 150 valence electrons. The van der Waals surface area contributed by atoms with E-state index >= 15 is 0 Å². The number of ether oxygens (including phenoxy) is 1. The van der Waals surface area contributed by atoms with Crippen molar-refractivity contribution in [3.8, 4) is 0 Å². The molecule has 2 N–H and O–H groups in total. The minimum absolute atomic E-state index is 0.0447. The number of carbonyl (C=O) groups excluding carboxylic acids is 2. The first-order valence-corrected chi connectivity index (χ1v) is 10.1. The van der Waals surface area contributed by atoms with Gasteiger partial charge in [0.1, 0.15) is 0 Å². The zero-order chi connectivity index (χ0) is 19.7. The highest BCUT2D eigenvalue weighted by molar-refractivity contribution is 5.97. The number of fused-ring (bicyclic) bond motifs is 3. The number of nitrogens with one attached hydrogen (secondary N) is 1. The zero-order valence-corrected chi connectivity index (χ0v) is 15.8. The van der Waals surface area contributed by atoms with Gasteiger partial charge in [-0.1, -0.05) is 0 Å². The summed E-state index contributed by atoms with van der Waals surface area (Å²) >= 11 is 0. The lowest BCUT2D eigenvalue weighted by molar-refractivity contribution is -0.156. The van der Waals surface area contributed by atoms with Gasteiger partial charge in [0.2, 0.25) is 5.91 Å². The van der Waals surface area contributed by atoms with E-state index < -0.39 is 17.8 Å². The predicted molar refractivity (Wildman–Crippen MR) is 102 cm³/mol. The molecule has 0 spiro atoms. The van der Waals surface area contributed by atoms with Gasteiger partial charge in [-0.25, -0.2) is 0 Å². The van der Waals surface area contributed by atoms with Crippen LogP contribution >= 0.6 is 0 Å². The molecule has 0 aromatic heterocycles. The van der Waals surface area contributed by atoms with Crippen LogP contribution < -0.4 is 5.32 Å². The highest BCUT2D eigenvalue weighted by atomic mass is 16.5. The first-order chi connectivity index (χ1) is 13.5. The average molecular weight is 386 g/mol. The smallest absolute Gasteiger partial charge is 0.307 e. The van der Waals surface area contributed by atoms with Crippen LogP contribution in [0.2, 0.25) is 0 Å². The molecule has 1 aromatic carbocycles. The van der Waals surface area contributed by atoms with Gasteiger partial charge in [-0.2, -0.15) is 0 Å². The Labute approximate surface area is 164 Å². The van der Waals surface area contributed by atoms with E-state index in [2.05, 4.69) is 5.32 Å². The third kappa shape index (κ3) is 3.63. The molecule has 2 amide bonds. The summed E-state index contributed by atoms with van der Waals surface area (Å²) in [6.07, 6.45) is 3.67. The number of hydrogen-bond acceptors (Lipinski definition) is 4. The number of nitrogens with zero attached hydrogens (tertiary/aromatic N) is 1. The van der Waals surface area contributed by atoms with Crippen LogP contribution in [0.4, 0.5) is 5.69 Å². The summed E-state index contributed by atoms with van der Waals surface area (Å²) in [5.41, 5.74) is 1.16. The zero-order valence-electron chi connectivity index (χ0n) is 15.8. The van der Waals surface area contributed by atoms with Crippen LogP contribution in [0.1, 0.15) is 36.0 Å². The van der Waals surface area contributed by atoms with Crippen LogP contribution in [0.25, 0.3) is 0 Å². The van der Waals surface area contributed by atoms with Crippen LogP contribution in [0, 0.1) is 23.7 Å². The minimum atomic E-state index is -0.860. The number of carboxylic acids is 1. The second-order valence-corrected chi connectivity index (χ2v) is 8.04. The van der Waals surface area contributed by atoms with E-state index in [4.69, 9.17) is 4.74 Å². The number of anilines is 1. The maximum absolute atomic E-state index is 12.9. The van der Waals surface area contributed by atoms with Crippen LogP contribution in [-0.4, -0.2) is 54.1 Å². The monoisotopic (exact) mass is 386 g/mol. The second-order valence-electron chi connectivity index (χ2n) is 8.04. The van der Waals surface area contributed by atoms with Crippen molar-refractivity contribution in [3.63, 3.8) is 0 Å². The average Bonchev–Trinajstić information content (AvgIpc) is 2.74. The molecular weight excluding hydrogens is 360 g/mol. The number of hydrogen-bond donors (Lipinski definition) is 2. The summed E-state index contributed by atoms with van der Waals surface area (Å²) in [6, 6.07) is 6.83. The van der Waals surface area contributed by atoms with Crippen molar-refractivity contribution >= 4 is 23.5 Å². The van der Waals surface area contributed by atoms with Crippen LogP contribution in [0.3, 0.4) is 0 Å². The Morgan fingerprint density at radius 3 is 2.07 bits per heavy atom. The first-order valence-electron chi connectivity index (χ1n) is 10.1. The SMILES string of the molecule is O=C(O)[C@@H]1C2CCC(CC2)[C@H]1C(=O)Nc1ccc(C(=O)N2CCOCC2)cc1. The van der Waals surface area contributed by atoms with Gasteiger partial charge < -0.3 is 20.1 Å². The second kappa shape index (κ2) is 7.91. The van der Waals surface area contributed by atoms with E-state index in [1.807, 2.05) is 0 Å². The fourth-order valence-corrected chi connectivity index (χ4v) is 5.05. The molecule has 1 aromatic rings. The molecule has 3 saturated carbocycles. The third-order valence-electron chi connectivity index (χ3n) is 6.50. The summed E-state index contributed by atoms with van der Waals surface area (Å²) in [5.74, 6) is -1.93. The van der Waals surface area contributed by atoms with Crippen molar-refractivity contribution in [3.05, 3.63) is 29.8 Å². The minimum Gasteiger partial charge on any atom is -0.481 e. The number of morpholine rings is 1. The molecule has 1 aliphatic heterocycles. The number of carbonyl (C=O) groups is 3. The normalized spacial score (nSPS) is 29.4. The molecule has 1 saturated heterocycles. The highest BCUT2D eigenvalue weighted by Gasteiger charge is 2.50. The Morgan fingerprint density at radius 1 is 0.929 bits per heavy atom. The van der Waals surface area contributed by atoms with E-state index in [1.165, 1.54) is 0 Å². The maximum atomic E-state index is 12.9. The molecule has 7 nitrogen and oxygen atoms in total. The van der Waals surface area contributed by atoms with Gasteiger partial charge in [0.15, 0.2) is 0 Å². The molecule has 0 unspecified atom stereocenters. The fraction of sp³-hybridized carbons (Fsp3) is 0.571. The van der Waals surface area contributed by atoms with Crippen molar-refractivity contribution in [1.29, 1.82) is 0 Å². The van der Waals surface area contributed by atoms with E-state index in [0.29, 0.717) is 37.6 Å². The summed E-state index contributed by atoms with van der Waals surface area (Å²) in [7, 11) is 0. The van der Waals surface area contributed by atoms with E-state index in [9.17, 15) is 19.5 Å². The van der Waals surface area contributed by atoms with Crippen LogP contribution in [0.5, 0.6) is 0 Å². The Balaban J connectivity index is 1.43. The topological polar surface area (TPSA) is 95.9 Å². The van der Waals surface area contributed by atoms with Crippen molar-refractivity contribution < 1.29 is 24.2 Å². The summed E-state index contributed by atoms with van der Waals surface area (Å²) in [4.78, 5) is 38.9. The lowest BCUT2D eigenvalue weighted by Crippen LogP contribution is -2.49. The predicted octanol–water partition coefficient (Wildman–Crippen LogP) is 2.23. The van der Waals surface area contributed by atoms with Gasteiger partial charge in [-0.05, 0) is 61.8 Å². The summed E-state index contributed by atoms with van der Waals surface area (Å²) in [5, 5.41) is 12.5. The van der Waals surface area contributed by atoms with Crippen molar-refractivity contribution in [1.82, 2.24) is 4.90 Å². The maximum Gasteiger partial charge on any atom is 0.307 e. The summed E-state index contributed by atoms with van der Waals surface area (Å²) in [6.45, 7) is 2.26. The van der Waals surface area contributed by atoms with E-state index in [1.54, 1.807) is 29.2 Å². The van der Waals surface area contributed by atoms with Gasteiger partial charge in [0, 0.05) is 24.3 Å². The van der Waals surface area contributed by atoms with Crippen molar-refractivity contribution in [2.45, 2.75) is 25.7 Å². The number of aliphatic carboxylic acids is 1. The Hall–Kier alpha value is -2.41. The molecule has 0 radical (unpaired) electrons. The quantitative estimate of drug-likeness (QED) is 0.827. The van der Waals surface area contributed by atoms with Gasteiger partial charge in [-0.3, -0.25) is 14.4 Å². The third-order valence-corrected chi connectivity index (χ3v) is 6.50. The lowest BCUT2D eigenvalue weighted by atomic mass is 9.58. The molecule has 2 bridgehead atoms. The molecule has 28 heavy (non-hydrogen) atoms. The highest BCUT2D eigenvalue weighted by Crippen LogP contribution is 2.49. The number of carboxylic acid groups (broad SMARTS) is 1. The molecule has 4 fully saturated rings. The first kappa shape index (κ1) is 18.9. The van der Waals surface area contributed by atoms with E-state index in [0.717, 1.165) is 25.7 Å². The molecule has 2 atom stereocenters. The van der Waals surface area contributed by atoms with Crippen LogP contribution in [0.15, 0.2) is 24.3 Å². The van der Waals surface area contributed by atoms with Gasteiger partial charge in [0.25, 0.3) is 5.91 Å². The fourth-order valence-electron chi connectivity index (χ4n) is 5.05. The molecule has 5 rings (SSSR count). The van der Waals surface area contributed by atoms with Gasteiger partial charge in [0.05, 0.1) is 25.0 Å². The summed E-state index contributed by atoms with van der Waals surface area (Å²) < 4.78 is 5.27. The van der Waals surface area contributed by atoms with Crippen molar-refractivity contribution in [2.24, 2.45) is 23.7 Å². The van der Waals surface area contributed by atoms with Gasteiger partial charge >= 0.3 is 5.97 Å². The molecule has 4 aliphatic rings. The lowest BCUT2D eigenvalue weighted by Gasteiger charge is -2.45. The number of rotatable bonds is 4. The van der Waals surface area contributed by atoms with Crippen LogP contribution in [-0.2, 0) is 14.3 Å². The molecule has 1 heterocycles. The largest absolute Gasteiger partial charge is 0.481 e. The van der Waals surface area contributed by atoms with Crippen molar-refractivity contribution in [2.75, 3.05) is 31.6 Å².